The lowest BCUT2D eigenvalue weighted by molar-refractivity contribution is 0.102. The van der Waals surface area contributed by atoms with Crippen LogP contribution in [-0.2, 0) is 6.42 Å². The van der Waals surface area contributed by atoms with Gasteiger partial charge in [0.1, 0.15) is 0 Å². The van der Waals surface area contributed by atoms with Crippen LogP contribution in [-0.4, -0.2) is 10.9 Å². The van der Waals surface area contributed by atoms with Crippen molar-refractivity contribution in [2.45, 2.75) is 26.2 Å². The number of halogens is 1. The van der Waals surface area contributed by atoms with Crippen molar-refractivity contribution in [2.75, 3.05) is 11.1 Å². The van der Waals surface area contributed by atoms with E-state index in [0.29, 0.717) is 5.69 Å². The van der Waals surface area contributed by atoms with Gasteiger partial charge in [-0.2, -0.15) is 0 Å². The number of anilines is 2. The molecule has 0 atom stereocenters. The van der Waals surface area contributed by atoms with E-state index in [1.54, 1.807) is 0 Å². The van der Waals surface area contributed by atoms with Gasteiger partial charge >= 0.3 is 0 Å². The molecule has 2 rings (SSSR count). The van der Waals surface area contributed by atoms with Crippen molar-refractivity contribution in [2.24, 2.45) is 0 Å². The van der Waals surface area contributed by atoms with Gasteiger partial charge in [-0.05, 0) is 36.6 Å². The SMILES string of the molecule is CCCCc1ccc(NC(=O)c2ccnc(N)c2F)cc1. The molecule has 0 saturated heterocycles. The number of amides is 1. The maximum absolute atomic E-state index is 13.7. The molecule has 21 heavy (non-hydrogen) atoms. The van der Waals surface area contributed by atoms with Gasteiger partial charge in [0.05, 0.1) is 5.56 Å². The molecule has 0 bridgehead atoms. The molecule has 0 saturated carbocycles. The van der Waals surface area contributed by atoms with Crippen LogP contribution in [0.1, 0.15) is 35.7 Å². The van der Waals surface area contributed by atoms with E-state index in [1.807, 2.05) is 24.3 Å². The Morgan fingerprint density at radius 1 is 1.29 bits per heavy atom. The molecule has 0 spiro atoms. The van der Waals surface area contributed by atoms with Crippen LogP contribution >= 0.6 is 0 Å². The summed E-state index contributed by atoms with van der Waals surface area (Å²) >= 11 is 0. The lowest BCUT2D eigenvalue weighted by Crippen LogP contribution is -2.15. The minimum Gasteiger partial charge on any atom is -0.381 e. The van der Waals surface area contributed by atoms with Gasteiger partial charge in [0.15, 0.2) is 11.6 Å². The molecule has 1 aromatic carbocycles. The number of nitrogens with zero attached hydrogens (tertiary/aromatic N) is 1. The number of aromatic nitrogens is 1. The number of carbonyl (C=O) groups is 1. The number of pyridine rings is 1. The first-order valence-corrected chi connectivity index (χ1v) is 6.92. The van der Waals surface area contributed by atoms with Gasteiger partial charge in [-0.1, -0.05) is 25.5 Å². The Morgan fingerprint density at radius 2 is 2.00 bits per heavy atom. The zero-order valence-electron chi connectivity index (χ0n) is 11.9. The van der Waals surface area contributed by atoms with Crippen LogP contribution in [0.2, 0.25) is 0 Å². The summed E-state index contributed by atoms with van der Waals surface area (Å²) in [7, 11) is 0. The first-order chi connectivity index (χ1) is 10.1. The number of aryl methyl sites for hydroxylation is 1. The Hall–Kier alpha value is -2.43. The van der Waals surface area contributed by atoms with Crippen molar-refractivity contribution < 1.29 is 9.18 Å². The molecule has 0 aliphatic carbocycles. The molecule has 0 aliphatic rings. The predicted molar refractivity (Wildman–Crippen MR) is 81.6 cm³/mol. The third-order valence-electron chi connectivity index (χ3n) is 3.19. The molecule has 0 fully saturated rings. The Bertz CT molecular complexity index is 626. The van der Waals surface area contributed by atoms with Crippen molar-refractivity contribution in [1.82, 2.24) is 4.98 Å². The van der Waals surface area contributed by atoms with Crippen molar-refractivity contribution in [3.8, 4) is 0 Å². The highest BCUT2D eigenvalue weighted by Gasteiger charge is 2.14. The van der Waals surface area contributed by atoms with Crippen LogP contribution in [0.3, 0.4) is 0 Å². The van der Waals surface area contributed by atoms with E-state index in [2.05, 4.69) is 17.2 Å². The molecule has 1 aromatic heterocycles. The number of hydrogen-bond donors (Lipinski definition) is 2. The fourth-order valence-electron chi connectivity index (χ4n) is 1.97. The standard InChI is InChI=1S/C16H18FN3O/c1-2-3-4-11-5-7-12(8-6-11)20-16(21)13-9-10-19-15(18)14(13)17/h5-10H,2-4H2,1H3,(H2,18,19)(H,20,21). The monoisotopic (exact) mass is 287 g/mol. The Kier molecular flexibility index (Phi) is 4.87. The third-order valence-corrected chi connectivity index (χ3v) is 3.19. The number of nitrogens with one attached hydrogen (secondary N) is 1. The van der Waals surface area contributed by atoms with Gasteiger partial charge in [0, 0.05) is 11.9 Å². The van der Waals surface area contributed by atoms with E-state index >= 15 is 0 Å². The second kappa shape index (κ2) is 6.83. The maximum Gasteiger partial charge on any atom is 0.258 e. The lowest BCUT2D eigenvalue weighted by Gasteiger charge is -2.08. The number of nitrogens with two attached hydrogens (primary N) is 1. The summed E-state index contributed by atoms with van der Waals surface area (Å²) < 4.78 is 13.7. The summed E-state index contributed by atoms with van der Waals surface area (Å²) in [6.45, 7) is 2.14. The number of nitrogen functional groups attached to an aromatic ring is 1. The topological polar surface area (TPSA) is 68.0 Å². The summed E-state index contributed by atoms with van der Waals surface area (Å²) in [6.07, 6.45) is 4.59. The highest BCUT2D eigenvalue weighted by Crippen LogP contribution is 2.16. The average molecular weight is 287 g/mol. The second-order valence-electron chi connectivity index (χ2n) is 4.81. The van der Waals surface area contributed by atoms with Crippen molar-refractivity contribution in [3.05, 3.63) is 53.5 Å². The van der Waals surface area contributed by atoms with E-state index in [-0.39, 0.29) is 11.4 Å². The summed E-state index contributed by atoms with van der Waals surface area (Å²) in [6, 6.07) is 8.85. The maximum atomic E-state index is 13.7. The van der Waals surface area contributed by atoms with Crippen LogP contribution in [0.15, 0.2) is 36.5 Å². The minimum atomic E-state index is -0.797. The molecule has 0 aliphatic heterocycles. The summed E-state index contributed by atoms with van der Waals surface area (Å²) in [5, 5.41) is 2.65. The number of hydrogen-bond acceptors (Lipinski definition) is 3. The largest absolute Gasteiger partial charge is 0.381 e. The highest BCUT2D eigenvalue weighted by molar-refractivity contribution is 6.04. The predicted octanol–water partition coefficient (Wildman–Crippen LogP) is 3.40. The normalized spacial score (nSPS) is 10.4. The molecule has 110 valence electrons. The van der Waals surface area contributed by atoms with E-state index < -0.39 is 11.7 Å². The van der Waals surface area contributed by atoms with Gasteiger partial charge in [-0.25, -0.2) is 9.37 Å². The first-order valence-electron chi connectivity index (χ1n) is 6.92. The van der Waals surface area contributed by atoms with E-state index in [0.717, 1.165) is 19.3 Å². The van der Waals surface area contributed by atoms with Gasteiger partial charge in [0.25, 0.3) is 5.91 Å². The van der Waals surface area contributed by atoms with Crippen molar-refractivity contribution in [3.63, 3.8) is 0 Å². The molecule has 1 amide bonds. The molecule has 0 radical (unpaired) electrons. The molecular weight excluding hydrogens is 269 g/mol. The van der Waals surface area contributed by atoms with Crippen LogP contribution in [0, 0.1) is 5.82 Å². The number of carbonyl (C=O) groups excluding carboxylic acids is 1. The minimum absolute atomic E-state index is 0.113. The zero-order chi connectivity index (χ0) is 15.2. The molecule has 2 aromatic rings. The molecule has 4 nitrogen and oxygen atoms in total. The fourth-order valence-corrected chi connectivity index (χ4v) is 1.97. The average Bonchev–Trinajstić information content (AvgIpc) is 2.49. The fraction of sp³-hybridized carbons (Fsp3) is 0.250. The number of benzene rings is 1. The third kappa shape index (κ3) is 3.78. The summed E-state index contributed by atoms with van der Waals surface area (Å²) in [5.74, 6) is -1.62. The highest BCUT2D eigenvalue weighted by atomic mass is 19.1. The number of rotatable bonds is 5. The van der Waals surface area contributed by atoms with Crippen molar-refractivity contribution >= 4 is 17.4 Å². The Labute approximate surface area is 123 Å². The van der Waals surface area contributed by atoms with Crippen LogP contribution in [0.4, 0.5) is 15.9 Å². The van der Waals surface area contributed by atoms with E-state index in [9.17, 15) is 9.18 Å². The number of unbranched alkanes of at least 4 members (excludes halogenated alkanes) is 1. The molecule has 5 heteroatoms. The van der Waals surface area contributed by atoms with Crippen molar-refractivity contribution in [1.29, 1.82) is 0 Å². The second-order valence-corrected chi connectivity index (χ2v) is 4.81. The molecular formula is C16H18FN3O. The van der Waals surface area contributed by atoms with Gasteiger partial charge in [-0.3, -0.25) is 4.79 Å². The summed E-state index contributed by atoms with van der Waals surface area (Å²) in [5.41, 5.74) is 7.08. The Morgan fingerprint density at radius 3 is 2.67 bits per heavy atom. The molecule has 1 heterocycles. The van der Waals surface area contributed by atoms with Gasteiger partial charge in [0.2, 0.25) is 0 Å². The van der Waals surface area contributed by atoms with Crippen LogP contribution in [0.25, 0.3) is 0 Å². The van der Waals surface area contributed by atoms with E-state index in [4.69, 9.17) is 5.73 Å². The summed E-state index contributed by atoms with van der Waals surface area (Å²) in [4.78, 5) is 15.6. The van der Waals surface area contributed by atoms with Gasteiger partial charge < -0.3 is 11.1 Å². The lowest BCUT2D eigenvalue weighted by atomic mass is 10.1. The Balaban J connectivity index is 2.07. The molecule has 3 N–H and O–H groups in total. The zero-order valence-corrected chi connectivity index (χ0v) is 11.9. The molecule has 0 unspecified atom stereocenters. The van der Waals surface area contributed by atoms with E-state index in [1.165, 1.54) is 17.8 Å². The first kappa shape index (κ1) is 15.0. The van der Waals surface area contributed by atoms with Gasteiger partial charge in [-0.15, -0.1) is 0 Å². The van der Waals surface area contributed by atoms with Crippen LogP contribution < -0.4 is 11.1 Å². The smallest absolute Gasteiger partial charge is 0.258 e. The van der Waals surface area contributed by atoms with Crippen LogP contribution in [0.5, 0.6) is 0 Å². The quantitative estimate of drug-likeness (QED) is 0.885.